The minimum absolute atomic E-state index is 0.284. The first-order valence-corrected chi connectivity index (χ1v) is 6.47. The number of benzene rings is 2. The van der Waals surface area contributed by atoms with Gasteiger partial charge in [0, 0.05) is 12.1 Å². The fraction of sp³-hybridized carbons (Fsp3) is 0.188. The van der Waals surface area contributed by atoms with Gasteiger partial charge in [-0.3, -0.25) is 0 Å². The van der Waals surface area contributed by atoms with Crippen molar-refractivity contribution in [2.24, 2.45) is 0 Å². The van der Waals surface area contributed by atoms with E-state index in [2.05, 4.69) is 5.32 Å². The molecule has 0 bridgehead atoms. The van der Waals surface area contributed by atoms with Gasteiger partial charge in [0.1, 0.15) is 5.75 Å². The number of anilines is 1. The second kappa shape index (κ2) is 6.10. The summed E-state index contributed by atoms with van der Waals surface area (Å²) >= 11 is 0. The van der Waals surface area contributed by atoms with E-state index < -0.39 is 11.7 Å². The van der Waals surface area contributed by atoms with Gasteiger partial charge in [-0.15, -0.1) is 0 Å². The summed E-state index contributed by atoms with van der Waals surface area (Å²) < 4.78 is 5.71. The molecule has 0 amide bonds. The van der Waals surface area contributed by atoms with Crippen LogP contribution >= 0.6 is 0 Å². The van der Waals surface area contributed by atoms with Crippen LogP contribution in [0.15, 0.2) is 60.7 Å². The molecule has 2 aromatic rings. The van der Waals surface area contributed by atoms with Crippen molar-refractivity contribution in [2.45, 2.75) is 19.1 Å². The van der Waals surface area contributed by atoms with Crippen molar-refractivity contribution in [1.82, 2.24) is 0 Å². The largest absolute Gasteiger partial charge is 0.477 e. The maximum atomic E-state index is 11.7. The molecule has 0 heterocycles. The van der Waals surface area contributed by atoms with E-state index in [0.29, 0.717) is 11.4 Å². The summed E-state index contributed by atoms with van der Waals surface area (Å²) in [6, 6.07) is 18.1. The Balaban J connectivity index is 2.28. The number of para-hydroxylation sites is 2. The van der Waals surface area contributed by atoms with Crippen LogP contribution in [0.4, 0.5) is 5.69 Å². The van der Waals surface area contributed by atoms with E-state index >= 15 is 0 Å². The second-order valence-corrected chi connectivity index (χ2v) is 4.39. The monoisotopic (exact) mass is 271 g/mol. The van der Waals surface area contributed by atoms with E-state index in [4.69, 9.17) is 4.74 Å². The smallest absolute Gasteiger partial charge is 0.369 e. The molecule has 4 nitrogen and oxygen atoms in total. The normalized spacial score (nSPS) is 13.2. The van der Waals surface area contributed by atoms with Gasteiger partial charge in [-0.2, -0.15) is 0 Å². The first-order chi connectivity index (χ1) is 9.66. The maximum absolute atomic E-state index is 11.7. The summed E-state index contributed by atoms with van der Waals surface area (Å²) in [5.41, 5.74) is -0.782. The van der Waals surface area contributed by atoms with Gasteiger partial charge in [0.25, 0.3) is 5.72 Å². The van der Waals surface area contributed by atoms with Gasteiger partial charge in [0.15, 0.2) is 0 Å². The van der Waals surface area contributed by atoms with E-state index in [-0.39, 0.29) is 6.42 Å². The third kappa shape index (κ3) is 3.09. The van der Waals surface area contributed by atoms with Crippen LogP contribution in [0.2, 0.25) is 0 Å². The zero-order valence-corrected chi connectivity index (χ0v) is 11.2. The molecule has 0 saturated carbocycles. The quantitative estimate of drug-likeness (QED) is 0.791. The Bertz CT molecular complexity index is 513. The highest BCUT2D eigenvalue weighted by Crippen LogP contribution is 2.24. The Hall–Kier alpha value is -2.49. The van der Waals surface area contributed by atoms with Crippen molar-refractivity contribution < 1.29 is 14.6 Å². The summed E-state index contributed by atoms with van der Waals surface area (Å²) in [7, 11) is 0. The Morgan fingerprint density at radius 2 is 1.65 bits per heavy atom. The predicted molar refractivity (Wildman–Crippen MR) is 77.8 cm³/mol. The van der Waals surface area contributed by atoms with Gasteiger partial charge >= 0.3 is 5.97 Å². The number of aliphatic carboxylic acids is 1. The van der Waals surface area contributed by atoms with Crippen LogP contribution < -0.4 is 10.1 Å². The van der Waals surface area contributed by atoms with Crippen molar-refractivity contribution in [2.75, 3.05) is 5.32 Å². The number of hydrogen-bond acceptors (Lipinski definition) is 3. The van der Waals surface area contributed by atoms with Crippen LogP contribution in [0.1, 0.15) is 13.3 Å². The van der Waals surface area contributed by atoms with Gasteiger partial charge in [0.2, 0.25) is 0 Å². The molecule has 0 saturated heterocycles. The zero-order valence-electron chi connectivity index (χ0n) is 11.2. The number of carboxylic acids is 1. The summed E-state index contributed by atoms with van der Waals surface area (Å²) in [6.07, 6.45) is 0.284. The molecule has 0 spiro atoms. The first kappa shape index (κ1) is 13.9. The summed E-state index contributed by atoms with van der Waals surface area (Å²) in [4.78, 5) is 11.7. The number of ether oxygens (including phenoxy) is 1. The Morgan fingerprint density at radius 1 is 1.10 bits per heavy atom. The van der Waals surface area contributed by atoms with Crippen LogP contribution in [-0.4, -0.2) is 16.8 Å². The van der Waals surface area contributed by atoms with Crippen LogP contribution in [0, 0.1) is 0 Å². The lowest BCUT2D eigenvalue weighted by molar-refractivity contribution is -0.153. The van der Waals surface area contributed by atoms with Crippen molar-refractivity contribution in [3.63, 3.8) is 0 Å². The van der Waals surface area contributed by atoms with Gasteiger partial charge in [0.05, 0.1) is 0 Å². The number of nitrogens with one attached hydrogen (secondary N) is 1. The lowest BCUT2D eigenvalue weighted by Crippen LogP contribution is -2.51. The number of hydrogen-bond donors (Lipinski definition) is 2. The first-order valence-electron chi connectivity index (χ1n) is 6.47. The lowest BCUT2D eigenvalue weighted by atomic mass is 10.1. The molecule has 0 aromatic heterocycles. The average Bonchev–Trinajstić information content (AvgIpc) is 2.48. The molecule has 1 unspecified atom stereocenters. The molecule has 0 aliphatic carbocycles. The molecule has 0 radical (unpaired) electrons. The predicted octanol–water partition coefficient (Wildman–Crippen LogP) is 3.37. The molecule has 0 aliphatic heterocycles. The van der Waals surface area contributed by atoms with Gasteiger partial charge in [-0.25, -0.2) is 4.79 Å². The molecule has 2 N–H and O–H groups in total. The zero-order chi connectivity index (χ0) is 14.4. The highest BCUT2D eigenvalue weighted by molar-refractivity contribution is 5.81. The fourth-order valence-corrected chi connectivity index (χ4v) is 1.88. The number of carbonyl (C=O) groups is 1. The van der Waals surface area contributed by atoms with E-state index in [9.17, 15) is 9.90 Å². The molecule has 4 heteroatoms. The average molecular weight is 271 g/mol. The molecule has 2 rings (SSSR count). The van der Waals surface area contributed by atoms with E-state index in [0.717, 1.165) is 0 Å². The Labute approximate surface area is 118 Å². The summed E-state index contributed by atoms with van der Waals surface area (Å²) in [5, 5.41) is 12.5. The lowest BCUT2D eigenvalue weighted by Gasteiger charge is -2.31. The summed E-state index contributed by atoms with van der Waals surface area (Å²) in [6.45, 7) is 1.77. The van der Waals surface area contributed by atoms with Gasteiger partial charge in [-0.05, 0) is 24.3 Å². The minimum atomic E-state index is -1.48. The standard InChI is InChI=1S/C16H17NO3/c1-2-16(15(18)19,17-13-9-5-3-6-10-13)20-14-11-7-4-8-12-14/h3-12,17H,2H2,1H3,(H,18,19). The Kier molecular flexibility index (Phi) is 4.25. The van der Waals surface area contributed by atoms with Crippen LogP contribution in [0.5, 0.6) is 5.75 Å². The SMILES string of the molecule is CCC(Nc1ccccc1)(Oc1ccccc1)C(=O)O. The third-order valence-corrected chi connectivity index (χ3v) is 3.00. The van der Waals surface area contributed by atoms with Gasteiger partial charge in [-0.1, -0.05) is 43.3 Å². The Morgan fingerprint density at radius 3 is 2.15 bits per heavy atom. The molecule has 0 fully saturated rings. The van der Waals surface area contributed by atoms with E-state index in [1.54, 1.807) is 31.2 Å². The number of carboxylic acid groups (broad SMARTS) is 1. The molecule has 2 aromatic carbocycles. The molecular weight excluding hydrogens is 254 g/mol. The van der Waals surface area contributed by atoms with E-state index in [1.165, 1.54) is 0 Å². The topological polar surface area (TPSA) is 58.6 Å². The highest BCUT2D eigenvalue weighted by atomic mass is 16.5. The van der Waals surface area contributed by atoms with Crippen molar-refractivity contribution in [1.29, 1.82) is 0 Å². The van der Waals surface area contributed by atoms with Crippen LogP contribution in [-0.2, 0) is 4.79 Å². The molecule has 104 valence electrons. The minimum Gasteiger partial charge on any atom is -0.477 e. The maximum Gasteiger partial charge on any atom is 0.369 e. The fourth-order valence-electron chi connectivity index (χ4n) is 1.88. The van der Waals surface area contributed by atoms with Crippen molar-refractivity contribution in [3.8, 4) is 5.75 Å². The molecule has 20 heavy (non-hydrogen) atoms. The van der Waals surface area contributed by atoms with Crippen LogP contribution in [0.25, 0.3) is 0 Å². The molecular formula is C16H17NO3. The summed E-state index contributed by atoms with van der Waals surface area (Å²) in [5.74, 6) is -0.534. The second-order valence-electron chi connectivity index (χ2n) is 4.39. The van der Waals surface area contributed by atoms with Crippen LogP contribution in [0.3, 0.4) is 0 Å². The molecule has 1 atom stereocenters. The molecule has 0 aliphatic rings. The number of rotatable bonds is 6. The highest BCUT2D eigenvalue weighted by Gasteiger charge is 2.39. The van der Waals surface area contributed by atoms with Crippen molar-refractivity contribution in [3.05, 3.63) is 60.7 Å². The third-order valence-electron chi connectivity index (χ3n) is 3.00. The van der Waals surface area contributed by atoms with Crippen molar-refractivity contribution >= 4 is 11.7 Å². The van der Waals surface area contributed by atoms with E-state index in [1.807, 2.05) is 36.4 Å². The van der Waals surface area contributed by atoms with Gasteiger partial charge < -0.3 is 15.2 Å².